The average molecular weight is 252 g/mol. The van der Waals surface area contributed by atoms with Crippen molar-refractivity contribution in [3.05, 3.63) is 21.9 Å². The first-order valence-corrected chi connectivity index (χ1v) is 6.12. The van der Waals surface area contributed by atoms with Gasteiger partial charge in [-0.15, -0.1) is 11.3 Å². The number of ether oxygens (including phenoxy) is 1. The van der Waals surface area contributed by atoms with Gasteiger partial charge in [0.25, 0.3) is 5.91 Å². The Morgan fingerprint density at radius 1 is 1.71 bits per heavy atom. The van der Waals surface area contributed by atoms with Gasteiger partial charge in [0, 0.05) is 18.5 Å². The third-order valence-electron chi connectivity index (χ3n) is 1.97. The number of hydrogen-bond donors (Lipinski definition) is 2. The van der Waals surface area contributed by atoms with Crippen LogP contribution in [-0.2, 0) is 4.74 Å². The smallest absolute Gasteiger partial charge is 0.252 e. The lowest BCUT2D eigenvalue weighted by Gasteiger charge is -2.11. The van der Waals surface area contributed by atoms with Crippen LogP contribution in [0, 0.1) is 11.8 Å². The molecule has 0 aliphatic carbocycles. The molecule has 0 spiro atoms. The van der Waals surface area contributed by atoms with Gasteiger partial charge in [0.15, 0.2) is 0 Å². The predicted molar refractivity (Wildman–Crippen MR) is 69.1 cm³/mol. The van der Waals surface area contributed by atoms with Gasteiger partial charge in [-0.1, -0.05) is 11.8 Å². The van der Waals surface area contributed by atoms with Crippen LogP contribution in [0.3, 0.4) is 0 Å². The lowest BCUT2D eigenvalue weighted by atomic mass is 10.2. The molecule has 0 saturated heterocycles. The number of thiophene rings is 1. The minimum atomic E-state index is -0.105. The third-order valence-corrected chi connectivity index (χ3v) is 2.82. The van der Waals surface area contributed by atoms with Crippen LogP contribution in [0.2, 0.25) is 0 Å². The Morgan fingerprint density at radius 3 is 3.12 bits per heavy atom. The predicted octanol–water partition coefficient (Wildman–Crippen LogP) is 0.823. The summed E-state index contributed by atoms with van der Waals surface area (Å²) in [6, 6.07) is 1.76. The van der Waals surface area contributed by atoms with Crippen molar-refractivity contribution < 1.29 is 9.53 Å². The van der Waals surface area contributed by atoms with Crippen LogP contribution in [0.25, 0.3) is 0 Å². The van der Waals surface area contributed by atoms with E-state index in [4.69, 9.17) is 10.5 Å². The van der Waals surface area contributed by atoms with E-state index in [2.05, 4.69) is 17.2 Å². The maximum absolute atomic E-state index is 11.8. The molecule has 1 aromatic rings. The van der Waals surface area contributed by atoms with Crippen LogP contribution in [0.4, 0.5) is 0 Å². The summed E-state index contributed by atoms with van der Waals surface area (Å²) in [6.07, 6.45) is 0. The summed E-state index contributed by atoms with van der Waals surface area (Å²) in [5.41, 5.74) is 5.90. The fourth-order valence-electron chi connectivity index (χ4n) is 1.26. The van der Waals surface area contributed by atoms with Gasteiger partial charge < -0.3 is 15.8 Å². The molecule has 0 aliphatic heterocycles. The largest absolute Gasteiger partial charge is 0.383 e. The fourth-order valence-corrected chi connectivity index (χ4v) is 2.01. The molecule has 1 rings (SSSR count). The quantitative estimate of drug-likeness (QED) is 0.780. The molecule has 1 aromatic heterocycles. The highest BCUT2D eigenvalue weighted by molar-refractivity contribution is 7.10. The van der Waals surface area contributed by atoms with Gasteiger partial charge in [-0.25, -0.2) is 0 Å². The Balaban J connectivity index is 2.60. The molecule has 0 fully saturated rings. The summed E-state index contributed by atoms with van der Waals surface area (Å²) in [6.45, 7) is 2.71. The summed E-state index contributed by atoms with van der Waals surface area (Å²) in [5.74, 6) is 5.55. The van der Waals surface area contributed by atoms with Crippen molar-refractivity contribution >= 4 is 17.2 Å². The molecule has 92 valence electrons. The molecule has 1 heterocycles. The molecule has 1 amide bonds. The Labute approximate surface area is 105 Å². The third kappa shape index (κ3) is 4.57. The summed E-state index contributed by atoms with van der Waals surface area (Å²) >= 11 is 1.44. The summed E-state index contributed by atoms with van der Waals surface area (Å²) in [4.78, 5) is 12.6. The number of amides is 1. The van der Waals surface area contributed by atoms with Crippen LogP contribution in [0.1, 0.15) is 22.2 Å². The Bertz CT molecular complexity index is 431. The number of rotatable bonds is 4. The Kier molecular flexibility index (Phi) is 5.70. The second kappa shape index (κ2) is 7.07. The Hall–Kier alpha value is -1.35. The zero-order valence-corrected chi connectivity index (χ0v) is 10.8. The van der Waals surface area contributed by atoms with Crippen molar-refractivity contribution in [3.63, 3.8) is 0 Å². The minimum Gasteiger partial charge on any atom is -0.383 e. The van der Waals surface area contributed by atoms with Crippen molar-refractivity contribution in [2.75, 3.05) is 20.3 Å². The number of carbonyl (C=O) groups is 1. The van der Waals surface area contributed by atoms with E-state index in [0.29, 0.717) is 18.7 Å². The van der Waals surface area contributed by atoms with Crippen LogP contribution >= 0.6 is 11.3 Å². The molecule has 3 N–H and O–H groups in total. The lowest BCUT2D eigenvalue weighted by Crippen LogP contribution is -2.35. The monoisotopic (exact) mass is 252 g/mol. The molecule has 17 heavy (non-hydrogen) atoms. The van der Waals surface area contributed by atoms with Gasteiger partial charge in [0.2, 0.25) is 0 Å². The Morgan fingerprint density at radius 2 is 2.47 bits per heavy atom. The van der Waals surface area contributed by atoms with Gasteiger partial charge in [-0.05, 0) is 13.0 Å². The average Bonchev–Trinajstić information content (AvgIpc) is 2.75. The molecule has 0 bridgehead atoms. The summed E-state index contributed by atoms with van der Waals surface area (Å²) < 4.78 is 4.95. The summed E-state index contributed by atoms with van der Waals surface area (Å²) in [7, 11) is 1.60. The van der Waals surface area contributed by atoms with E-state index < -0.39 is 0 Å². The van der Waals surface area contributed by atoms with E-state index in [1.54, 1.807) is 18.6 Å². The zero-order valence-electron chi connectivity index (χ0n) is 9.95. The molecule has 0 aliphatic rings. The van der Waals surface area contributed by atoms with Crippen molar-refractivity contribution in [2.45, 2.75) is 13.0 Å². The SMILES string of the molecule is COCC(C)NC(=O)c1csc(C#CCN)c1. The topological polar surface area (TPSA) is 64.3 Å². The first-order valence-electron chi connectivity index (χ1n) is 5.24. The van der Waals surface area contributed by atoms with Gasteiger partial charge in [-0.3, -0.25) is 4.79 Å². The van der Waals surface area contributed by atoms with Gasteiger partial charge in [0.1, 0.15) is 0 Å². The molecule has 0 aromatic carbocycles. The molecule has 4 nitrogen and oxygen atoms in total. The molecule has 0 saturated carbocycles. The highest BCUT2D eigenvalue weighted by atomic mass is 32.1. The molecule has 0 radical (unpaired) electrons. The number of carbonyl (C=O) groups excluding carboxylic acids is 1. The van der Waals surface area contributed by atoms with Crippen molar-refractivity contribution in [1.82, 2.24) is 5.32 Å². The van der Waals surface area contributed by atoms with Gasteiger partial charge in [-0.2, -0.15) is 0 Å². The zero-order chi connectivity index (χ0) is 12.7. The molecule has 1 unspecified atom stereocenters. The second-order valence-electron chi connectivity index (χ2n) is 3.54. The maximum Gasteiger partial charge on any atom is 0.252 e. The van der Waals surface area contributed by atoms with E-state index in [1.807, 2.05) is 6.92 Å². The molecular formula is C12H16N2O2S. The number of nitrogens with two attached hydrogens (primary N) is 1. The van der Waals surface area contributed by atoms with Crippen LogP contribution < -0.4 is 11.1 Å². The number of nitrogens with one attached hydrogen (secondary N) is 1. The normalized spacial score (nSPS) is 11.5. The first-order chi connectivity index (χ1) is 8.17. The highest BCUT2D eigenvalue weighted by Gasteiger charge is 2.10. The summed E-state index contributed by atoms with van der Waals surface area (Å²) in [5, 5.41) is 4.62. The van der Waals surface area contributed by atoms with E-state index in [9.17, 15) is 4.79 Å². The van der Waals surface area contributed by atoms with E-state index >= 15 is 0 Å². The van der Waals surface area contributed by atoms with E-state index in [1.165, 1.54) is 11.3 Å². The fraction of sp³-hybridized carbons (Fsp3) is 0.417. The molecule has 1 atom stereocenters. The first kappa shape index (κ1) is 13.7. The van der Waals surface area contributed by atoms with Gasteiger partial charge >= 0.3 is 0 Å². The molecular weight excluding hydrogens is 236 g/mol. The van der Waals surface area contributed by atoms with Crippen LogP contribution in [0.5, 0.6) is 0 Å². The molecule has 5 heteroatoms. The highest BCUT2D eigenvalue weighted by Crippen LogP contribution is 2.13. The van der Waals surface area contributed by atoms with Crippen molar-refractivity contribution in [3.8, 4) is 11.8 Å². The van der Waals surface area contributed by atoms with Crippen LogP contribution in [0.15, 0.2) is 11.4 Å². The number of hydrogen-bond acceptors (Lipinski definition) is 4. The minimum absolute atomic E-state index is 0.00836. The van der Waals surface area contributed by atoms with Crippen molar-refractivity contribution in [2.24, 2.45) is 5.73 Å². The van der Waals surface area contributed by atoms with Gasteiger partial charge in [0.05, 0.1) is 23.6 Å². The van der Waals surface area contributed by atoms with Crippen LogP contribution in [-0.4, -0.2) is 32.2 Å². The standard InChI is InChI=1S/C12H16N2O2S/c1-9(7-16-2)14-12(15)10-6-11(17-8-10)4-3-5-13/h6,8-9H,5,7,13H2,1-2H3,(H,14,15). The number of methoxy groups -OCH3 is 1. The van der Waals surface area contributed by atoms with E-state index in [0.717, 1.165) is 4.88 Å². The van der Waals surface area contributed by atoms with E-state index in [-0.39, 0.29) is 11.9 Å². The maximum atomic E-state index is 11.8. The van der Waals surface area contributed by atoms with Crippen molar-refractivity contribution in [1.29, 1.82) is 0 Å². The lowest BCUT2D eigenvalue weighted by molar-refractivity contribution is 0.0906. The second-order valence-corrected chi connectivity index (χ2v) is 4.45.